The van der Waals surface area contributed by atoms with Gasteiger partial charge in [0, 0.05) is 17.6 Å². The van der Waals surface area contributed by atoms with Crippen molar-refractivity contribution in [3.63, 3.8) is 0 Å². The molecule has 0 aliphatic heterocycles. The molecule has 0 bridgehead atoms. The Balaban J connectivity index is 2.24. The van der Waals surface area contributed by atoms with Gasteiger partial charge in [-0.3, -0.25) is 0 Å². The van der Waals surface area contributed by atoms with Gasteiger partial charge >= 0.3 is 0 Å². The molecule has 0 saturated heterocycles. The molecule has 1 rings (SSSR count). The third kappa shape index (κ3) is 3.32. The SMILES string of the molecule is Cc1csc(CNCC(C)C)n1. The molecule has 1 aromatic rings. The second-order valence-electron chi connectivity index (χ2n) is 3.41. The topological polar surface area (TPSA) is 24.9 Å². The van der Waals surface area contributed by atoms with Crippen molar-refractivity contribution in [2.24, 2.45) is 5.92 Å². The van der Waals surface area contributed by atoms with Gasteiger partial charge < -0.3 is 5.32 Å². The zero-order valence-corrected chi connectivity index (χ0v) is 8.74. The molecule has 1 heterocycles. The fraction of sp³-hybridized carbons (Fsp3) is 0.667. The first-order chi connectivity index (χ1) is 5.68. The number of nitrogens with zero attached hydrogens (tertiary/aromatic N) is 1. The number of aromatic nitrogens is 1. The van der Waals surface area contributed by atoms with Gasteiger partial charge in [-0.05, 0) is 19.4 Å². The van der Waals surface area contributed by atoms with Crippen molar-refractivity contribution in [1.29, 1.82) is 0 Å². The fourth-order valence-corrected chi connectivity index (χ4v) is 1.69. The lowest BCUT2D eigenvalue weighted by atomic mass is 10.2. The quantitative estimate of drug-likeness (QED) is 0.776. The summed E-state index contributed by atoms with van der Waals surface area (Å²) in [6.45, 7) is 8.43. The Morgan fingerprint density at radius 3 is 2.83 bits per heavy atom. The summed E-state index contributed by atoms with van der Waals surface area (Å²) in [5, 5.41) is 6.64. The van der Waals surface area contributed by atoms with Crippen LogP contribution in [-0.4, -0.2) is 11.5 Å². The van der Waals surface area contributed by atoms with E-state index >= 15 is 0 Å². The molecule has 0 radical (unpaired) electrons. The summed E-state index contributed by atoms with van der Waals surface area (Å²) in [6, 6.07) is 0. The Hall–Kier alpha value is -0.410. The van der Waals surface area contributed by atoms with Gasteiger partial charge in [0.15, 0.2) is 0 Å². The second-order valence-corrected chi connectivity index (χ2v) is 4.35. The van der Waals surface area contributed by atoms with Crippen molar-refractivity contribution in [1.82, 2.24) is 10.3 Å². The average molecular weight is 184 g/mol. The molecule has 0 amide bonds. The second kappa shape index (κ2) is 4.58. The third-order valence-corrected chi connectivity index (χ3v) is 2.46. The molecule has 0 spiro atoms. The van der Waals surface area contributed by atoms with Crippen molar-refractivity contribution >= 4 is 11.3 Å². The number of rotatable bonds is 4. The molecule has 1 N–H and O–H groups in total. The van der Waals surface area contributed by atoms with E-state index in [0.717, 1.165) is 18.8 Å². The first-order valence-corrected chi connectivity index (χ1v) is 5.18. The van der Waals surface area contributed by atoms with Crippen molar-refractivity contribution in [3.8, 4) is 0 Å². The first kappa shape index (κ1) is 9.68. The Morgan fingerprint density at radius 2 is 2.33 bits per heavy atom. The van der Waals surface area contributed by atoms with E-state index < -0.39 is 0 Å². The molecule has 0 aromatic carbocycles. The van der Waals surface area contributed by atoms with E-state index in [4.69, 9.17) is 0 Å². The highest BCUT2D eigenvalue weighted by Gasteiger charge is 1.98. The maximum absolute atomic E-state index is 4.36. The van der Waals surface area contributed by atoms with E-state index in [2.05, 4.69) is 29.5 Å². The van der Waals surface area contributed by atoms with Gasteiger partial charge in [-0.25, -0.2) is 4.98 Å². The van der Waals surface area contributed by atoms with Crippen molar-refractivity contribution < 1.29 is 0 Å². The van der Waals surface area contributed by atoms with Crippen LogP contribution >= 0.6 is 11.3 Å². The lowest BCUT2D eigenvalue weighted by molar-refractivity contribution is 0.551. The average Bonchev–Trinajstić information content (AvgIpc) is 2.35. The molecule has 68 valence electrons. The van der Waals surface area contributed by atoms with E-state index in [1.807, 2.05) is 6.92 Å². The van der Waals surface area contributed by atoms with E-state index in [-0.39, 0.29) is 0 Å². The number of hydrogen-bond donors (Lipinski definition) is 1. The fourth-order valence-electron chi connectivity index (χ4n) is 0.952. The Kier molecular flexibility index (Phi) is 3.69. The minimum atomic E-state index is 0.714. The monoisotopic (exact) mass is 184 g/mol. The molecule has 3 heteroatoms. The number of hydrogen-bond acceptors (Lipinski definition) is 3. The lowest BCUT2D eigenvalue weighted by Gasteiger charge is -2.04. The van der Waals surface area contributed by atoms with Crippen molar-refractivity contribution in [2.75, 3.05) is 6.54 Å². The zero-order valence-electron chi connectivity index (χ0n) is 7.92. The van der Waals surface area contributed by atoms with Crippen LogP contribution in [0.4, 0.5) is 0 Å². The molecule has 0 aliphatic rings. The van der Waals surface area contributed by atoms with Gasteiger partial charge in [0.2, 0.25) is 0 Å². The first-order valence-electron chi connectivity index (χ1n) is 4.30. The van der Waals surface area contributed by atoms with Crippen molar-refractivity contribution in [2.45, 2.75) is 27.3 Å². The highest BCUT2D eigenvalue weighted by atomic mass is 32.1. The molecule has 0 aliphatic carbocycles. The minimum Gasteiger partial charge on any atom is -0.310 e. The number of aryl methyl sites for hydroxylation is 1. The van der Waals surface area contributed by atoms with E-state index in [1.165, 1.54) is 5.01 Å². The number of nitrogens with one attached hydrogen (secondary N) is 1. The normalized spacial score (nSPS) is 11.0. The summed E-state index contributed by atoms with van der Waals surface area (Å²) in [5.41, 5.74) is 1.13. The van der Waals surface area contributed by atoms with Crippen LogP contribution < -0.4 is 5.32 Å². The van der Waals surface area contributed by atoms with Crippen LogP contribution in [0.1, 0.15) is 24.5 Å². The standard InChI is InChI=1S/C9H16N2S/c1-7(2)4-10-5-9-11-8(3)6-12-9/h6-7,10H,4-5H2,1-3H3. The van der Waals surface area contributed by atoms with Gasteiger partial charge in [-0.15, -0.1) is 11.3 Å². The van der Waals surface area contributed by atoms with Crippen LogP contribution in [-0.2, 0) is 6.54 Å². The van der Waals surface area contributed by atoms with Crippen LogP contribution in [0.5, 0.6) is 0 Å². The Labute approximate surface area is 78.0 Å². The van der Waals surface area contributed by atoms with Gasteiger partial charge in [0.25, 0.3) is 0 Å². The van der Waals surface area contributed by atoms with Crippen LogP contribution in [0.15, 0.2) is 5.38 Å². The molecular weight excluding hydrogens is 168 g/mol. The molecule has 0 saturated carbocycles. The summed E-state index contributed by atoms with van der Waals surface area (Å²) in [4.78, 5) is 4.36. The zero-order chi connectivity index (χ0) is 8.97. The van der Waals surface area contributed by atoms with Gasteiger partial charge in [0.1, 0.15) is 5.01 Å². The molecule has 1 aromatic heterocycles. The van der Waals surface area contributed by atoms with Gasteiger partial charge in [-0.2, -0.15) is 0 Å². The van der Waals surface area contributed by atoms with Crippen LogP contribution in [0.25, 0.3) is 0 Å². The van der Waals surface area contributed by atoms with Crippen LogP contribution in [0, 0.1) is 12.8 Å². The summed E-state index contributed by atoms with van der Waals surface area (Å²) in [7, 11) is 0. The smallest absolute Gasteiger partial charge is 0.107 e. The molecule has 0 fully saturated rings. The molecule has 0 atom stereocenters. The van der Waals surface area contributed by atoms with E-state index in [1.54, 1.807) is 11.3 Å². The Bertz CT molecular complexity index is 230. The van der Waals surface area contributed by atoms with E-state index in [9.17, 15) is 0 Å². The van der Waals surface area contributed by atoms with E-state index in [0.29, 0.717) is 5.92 Å². The predicted octanol–water partition coefficient (Wildman–Crippen LogP) is 2.20. The lowest BCUT2D eigenvalue weighted by Crippen LogP contribution is -2.18. The summed E-state index contributed by atoms with van der Waals surface area (Å²) in [5.74, 6) is 0.714. The molecule has 0 unspecified atom stereocenters. The summed E-state index contributed by atoms with van der Waals surface area (Å²) in [6.07, 6.45) is 0. The minimum absolute atomic E-state index is 0.714. The molecular formula is C9H16N2S. The maximum atomic E-state index is 4.36. The van der Waals surface area contributed by atoms with Gasteiger partial charge in [-0.1, -0.05) is 13.8 Å². The van der Waals surface area contributed by atoms with Crippen molar-refractivity contribution in [3.05, 3.63) is 16.1 Å². The highest BCUT2D eigenvalue weighted by Crippen LogP contribution is 2.07. The molecule has 12 heavy (non-hydrogen) atoms. The number of thiazole rings is 1. The largest absolute Gasteiger partial charge is 0.310 e. The highest BCUT2D eigenvalue weighted by molar-refractivity contribution is 7.09. The van der Waals surface area contributed by atoms with Gasteiger partial charge in [0.05, 0.1) is 0 Å². The third-order valence-electron chi connectivity index (χ3n) is 1.50. The maximum Gasteiger partial charge on any atom is 0.107 e. The molecule has 2 nitrogen and oxygen atoms in total. The van der Waals surface area contributed by atoms with Crippen LogP contribution in [0.2, 0.25) is 0 Å². The Morgan fingerprint density at radius 1 is 1.58 bits per heavy atom. The summed E-state index contributed by atoms with van der Waals surface area (Å²) < 4.78 is 0. The van der Waals surface area contributed by atoms with Crippen LogP contribution in [0.3, 0.4) is 0 Å². The summed E-state index contributed by atoms with van der Waals surface area (Å²) >= 11 is 1.73. The predicted molar refractivity (Wildman–Crippen MR) is 53.4 cm³/mol.